The van der Waals surface area contributed by atoms with E-state index in [-0.39, 0.29) is 12.0 Å². The van der Waals surface area contributed by atoms with Gasteiger partial charge in [0.25, 0.3) is 5.91 Å². The van der Waals surface area contributed by atoms with E-state index in [9.17, 15) is 4.79 Å². The molecule has 1 heterocycles. The summed E-state index contributed by atoms with van der Waals surface area (Å²) in [6.45, 7) is 6.37. The number of hydrogen-bond acceptors (Lipinski definition) is 3. The van der Waals surface area contributed by atoms with E-state index in [1.54, 1.807) is 0 Å². The molecule has 1 aromatic carbocycles. The van der Waals surface area contributed by atoms with Crippen LogP contribution in [-0.2, 0) is 4.74 Å². The van der Waals surface area contributed by atoms with Gasteiger partial charge in [-0.05, 0) is 43.9 Å². The lowest BCUT2D eigenvalue weighted by molar-refractivity contribution is 0.00208. The second-order valence-corrected chi connectivity index (χ2v) is 5.90. The SMILES string of the molecule is CCCOC1CCCN(C(=O)c2cc(S)ccc2C)C1. The fourth-order valence-electron chi connectivity index (χ4n) is 2.55. The molecule has 3 nitrogen and oxygen atoms in total. The molecule has 1 aliphatic heterocycles. The summed E-state index contributed by atoms with van der Waals surface area (Å²) in [5.74, 6) is 0.100. The first kappa shape index (κ1) is 15.4. The van der Waals surface area contributed by atoms with E-state index in [1.807, 2.05) is 30.0 Å². The minimum absolute atomic E-state index is 0.100. The number of amides is 1. The molecular weight excluding hydrogens is 270 g/mol. The number of aryl methyl sites for hydroxylation is 1. The maximum absolute atomic E-state index is 12.6. The van der Waals surface area contributed by atoms with E-state index >= 15 is 0 Å². The van der Waals surface area contributed by atoms with Crippen molar-refractivity contribution in [3.63, 3.8) is 0 Å². The Morgan fingerprint density at radius 1 is 1.50 bits per heavy atom. The van der Waals surface area contributed by atoms with E-state index in [2.05, 4.69) is 19.6 Å². The smallest absolute Gasteiger partial charge is 0.254 e. The fourth-order valence-corrected chi connectivity index (χ4v) is 2.76. The molecule has 0 radical (unpaired) electrons. The molecule has 1 fully saturated rings. The summed E-state index contributed by atoms with van der Waals surface area (Å²) in [5.41, 5.74) is 1.76. The Morgan fingerprint density at radius 2 is 2.30 bits per heavy atom. The zero-order valence-electron chi connectivity index (χ0n) is 12.3. The van der Waals surface area contributed by atoms with Crippen molar-refractivity contribution in [1.82, 2.24) is 4.90 Å². The number of piperidine rings is 1. The molecule has 0 N–H and O–H groups in total. The predicted octanol–water partition coefficient (Wildman–Crippen LogP) is 3.31. The van der Waals surface area contributed by atoms with Crippen LogP contribution in [0, 0.1) is 6.92 Å². The van der Waals surface area contributed by atoms with Crippen molar-refractivity contribution in [2.24, 2.45) is 0 Å². The van der Waals surface area contributed by atoms with Crippen LogP contribution < -0.4 is 0 Å². The average molecular weight is 293 g/mol. The van der Waals surface area contributed by atoms with E-state index in [0.717, 1.165) is 48.4 Å². The number of ether oxygens (including phenoxy) is 1. The molecule has 0 spiro atoms. The molecular formula is C16H23NO2S. The number of carbonyl (C=O) groups excluding carboxylic acids is 1. The molecule has 2 rings (SSSR count). The maximum atomic E-state index is 12.6. The van der Waals surface area contributed by atoms with E-state index in [1.165, 1.54) is 0 Å². The molecule has 1 unspecified atom stereocenters. The third-order valence-corrected chi connectivity index (χ3v) is 3.95. The Kier molecular flexibility index (Phi) is 5.49. The van der Waals surface area contributed by atoms with Crippen molar-refractivity contribution in [1.29, 1.82) is 0 Å². The van der Waals surface area contributed by atoms with Gasteiger partial charge in [0.05, 0.1) is 6.10 Å². The number of rotatable bonds is 4. The zero-order valence-corrected chi connectivity index (χ0v) is 13.2. The second kappa shape index (κ2) is 7.14. The van der Waals surface area contributed by atoms with Gasteiger partial charge in [0, 0.05) is 30.2 Å². The summed E-state index contributed by atoms with van der Waals surface area (Å²) in [4.78, 5) is 15.4. The fraction of sp³-hybridized carbons (Fsp3) is 0.562. The Balaban J connectivity index is 2.06. The van der Waals surface area contributed by atoms with Crippen LogP contribution in [0.2, 0.25) is 0 Å². The monoisotopic (exact) mass is 293 g/mol. The number of benzene rings is 1. The Morgan fingerprint density at radius 3 is 3.05 bits per heavy atom. The highest BCUT2D eigenvalue weighted by Crippen LogP contribution is 2.20. The third kappa shape index (κ3) is 3.76. The maximum Gasteiger partial charge on any atom is 0.254 e. The molecule has 4 heteroatoms. The molecule has 0 aromatic heterocycles. The number of thiol groups is 1. The Bertz CT molecular complexity index is 476. The summed E-state index contributed by atoms with van der Waals surface area (Å²) in [6.07, 6.45) is 3.27. The average Bonchev–Trinajstić information content (AvgIpc) is 2.47. The van der Waals surface area contributed by atoms with Gasteiger partial charge in [-0.2, -0.15) is 0 Å². The number of carbonyl (C=O) groups is 1. The van der Waals surface area contributed by atoms with Gasteiger partial charge in [-0.15, -0.1) is 12.6 Å². The van der Waals surface area contributed by atoms with Crippen LogP contribution in [0.5, 0.6) is 0 Å². The number of nitrogens with zero attached hydrogens (tertiary/aromatic N) is 1. The van der Waals surface area contributed by atoms with Gasteiger partial charge >= 0.3 is 0 Å². The van der Waals surface area contributed by atoms with Crippen LogP contribution in [0.25, 0.3) is 0 Å². The van der Waals surface area contributed by atoms with Crippen molar-refractivity contribution in [3.05, 3.63) is 29.3 Å². The molecule has 1 aromatic rings. The Hall–Kier alpha value is -1.00. The third-order valence-electron chi connectivity index (χ3n) is 3.67. The van der Waals surface area contributed by atoms with Crippen LogP contribution in [0.1, 0.15) is 42.1 Å². The molecule has 1 atom stereocenters. The summed E-state index contributed by atoms with van der Waals surface area (Å²) >= 11 is 4.33. The topological polar surface area (TPSA) is 29.5 Å². The van der Waals surface area contributed by atoms with Crippen molar-refractivity contribution in [2.45, 2.75) is 44.1 Å². The molecule has 1 aliphatic rings. The van der Waals surface area contributed by atoms with Crippen molar-refractivity contribution in [3.8, 4) is 0 Å². The van der Waals surface area contributed by atoms with Crippen LogP contribution >= 0.6 is 12.6 Å². The van der Waals surface area contributed by atoms with Gasteiger partial charge < -0.3 is 9.64 Å². The predicted molar refractivity (Wildman–Crippen MR) is 83.6 cm³/mol. The molecule has 20 heavy (non-hydrogen) atoms. The van der Waals surface area contributed by atoms with Gasteiger partial charge in [0.2, 0.25) is 0 Å². The van der Waals surface area contributed by atoms with E-state index in [0.29, 0.717) is 6.54 Å². The highest BCUT2D eigenvalue weighted by molar-refractivity contribution is 7.80. The first-order valence-corrected chi connectivity index (χ1v) is 7.77. The molecule has 0 bridgehead atoms. The van der Waals surface area contributed by atoms with Crippen LogP contribution in [0.4, 0.5) is 0 Å². The lowest BCUT2D eigenvalue weighted by Gasteiger charge is -2.33. The molecule has 0 saturated carbocycles. The minimum atomic E-state index is 0.100. The minimum Gasteiger partial charge on any atom is -0.376 e. The van der Waals surface area contributed by atoms with Gasteiger partial charge in [-0.1, -0.05) is 13.0 Å². The number of likely N-dealkylation sites (tertiary alicyclic amines) is 1. The quantitative estimate of drug-likeness (QED) is 0.863. The largest absolute Gasteiger partial charge is 0.376 e. The van der Waals surface area contributed by atoms with Crippen molar-refractivity contribution >= 4 is 18.5 Å². The van der Waals surface area contributed by atoms with Gasteiger partial charge in [0.1, 0.15) is 0 Å². The van der Waals surface area contributed by atoms with Crippen LogP contribution in [-0.4, -0.2) is 36.6 Å². The summed E-state index contributed by atoms with van der Waals surface area (Å²) < 4.78 is 5.79. The highest BCUT2D eigenvalue weighted by atomic mass is 32.1. The van der Waals surface area contributed by atoms with E-state index < -0.39 is 0 Å². The van der Waals surface area contributed by atoms with E-state index in [4.69, 9.17) is 4.74 Å². The van der Waals surface area contributed by atoms with Gasteiger partial charge in [-0.25, -0.2) is 0 Å². The number of hydrogen-bond donors (Lipinski definition) is 1. The first-order valence-electron chi connectivity index (χ1n) is 7.32. The summed E-state index contributed by atoms with van der Waals surface area (Å²) in [7, 11) is 0. The van der Waals surface area contributed by atoms with Crippen LogP contribution in [0.15, 0.2) is 23.1 Å². The van der Waals surface area contributed by atoms with Gasteiger partial charge in [0.15, 0.2) is 0 Å². The lowest BCUT2D eigenvalue weighted by atomic mass is 10.0. The second-order valence-electron chi connectivity index (χ2n) is 5.39. The summed E-state index contributed by atoms with van der Waals surface area (Å²) in [5, 5.41) is 0. The molecule has 1 amide bonds. The molecule has 0 aliphatic carbocycles. The van der Waals surface area contributed by atoms with Crippen LogP contribution in [0.3, 0.4) is 0 Å². The lowest BCUT2D eigenvalue weighted by Crippen LogP contribution is -2.43. The highest BCUT2D eigenvalue weighted by Gasteiger charge is 2.25. The summed E-state index contributed by atoms with van der Waals surface area (Å²) in [6, 6.07) is 5.72. The normalized spacial score (nSPS) is 19.1. The zero-order chi connectivity index (χ0) is 14.5. The molecule has 1 saturated heterocycles. The molecule has 110 valence electrons. The van der Waals surface area contributed by atoms with Crippen molar-refractivity contribution < 1.29 is 9.53 Å². The van der Waals surface area contributed by atoms with Gasteiger partial charge in [-0.3, -0.25) is 4.79 Å². The van der Waals surface area contributed by atoms with Crippen molar-refractivity contribution in [2.75, 3.05) is 19.7 Å². The standard InChI is InChI=1S/C16H23NO2S/c1-3-9-19-13-5-4-8-17(11-13)16(18)15-10-14(20)7-6-12(15)2/h6-7,10,13,20H,3-5,8-9,11H2,1-2H3. The first-order chi connectivity index (χ1) is 9.61. The Labute approximate surface area is 126 Å².